The zero-order valence-corrected chi connectivity index (χ0v) is 17.5. The van der Waals surface area contributed by atoms with Gasteiger partial charge in [0.2, 0.25) is 0 Å². The largest absolute Gasteiger partial charge is 0.407 e. The van der Waals surface area contributed by atoms with Gasteiger partial charge in [0.1, 0.15) is 0 Å². The van der Waals surface area contributed by atoms with Crippen LogP contribution in [0.25, 0.3) is 0 Å². The monoisotopic (exact) mass is 371 g/mol. The molecule has 0 unspecified atom stereocenters. The summed E-state index contributed by atoms with van der Waals surface area (Å²) in [6.07, 6.45) is 1.80. The Labute approximate surface area is 158 Å². The van der Waals surface area contributed by atoms with E-state index in [1.54, 1.807) is 0 Å². The molecule has 0 aromatic heterocycles. The summed E-state index contributed by atoms with van der Waals surface area (Å²) in [5.41, 5.74) is 0. The third kappa shape index (κ3) is 4.57. The number of benzene rings is 2. The van der Waals surface area contributed by atoms with E-state index in [1.807, 2.05) is 7.05 Å². The quantitative estimate of drug-likeness (QED) is 0.453. The highest BCUT2D eigenvalue weighted by Gasteiger charge is 2.49. The zero-order valence-electron chi connectivity index (χ0n) is 15.7. The average molecular weight is 372 g/mol. The lowest BCUT2D eigenvalue weighted by Crippen LogP contribution is -2.66. The Kier molecular flexibility index (Phi) is 6.93. The summed E-state index contributed by atoms with van der Waals surface area (Å²) in [5.74, 6) is 0. The van der Waals surface area contributed by atoms with Crippen molar-refractivity contribution >= 4 is 35.9 Å². The van der Waals surface area contributed by atoms with Gasteiger partial charge in [-0.05, 0) is 28.3 Å². The summed E-state index contributed by atoms with van der Waals surface area (Å²) in [6.45, 7) is 7.63. The van der Waals surface area contributed by atoms with Crippen LogP contribution < -0.4 is 15.7 Å². The molecule has 0 amide bonds. The summed E-state index contributed by atoms with van der Waals surface area (Å²) in [7, 11) is -0.515. The van der Waals surface area contributed by atoms with Crippen molar-refractivity contribution in [2.75, 3.05) is 13.7 Å². The molecule has 2 aromatic carbocycles. The molecular weight excluding hydrogens is 342 g/mol. The molecular formula is C21H29NOSSi. The topological polar surface area (TPSA) is 21.3 Å². The van der Waals surface area contributed by atoms with Crippen LogP contribution >= 0.6 is 12.2 Å². The summed E-state index contributed by atoms with van der Waals surface area (Å²) in [6, 6.07) is 21.5. The van der Waals surface area contributed by atoms with Crippen LogP contribution in [0.15, 0.2) is 60.7 Å². The Balaban J connectivity index is 2.40. The summed E-state index contributed by atoms with van der Waals surface area (Å²) < 4.78 is 6.81. The van der Waals surface area contributed by atoms with E-state index in [0.29, 0.717) is 0 Å². The van der Waals surface area contributed by atoms with Crippen LogP contribution in [0, 0.1) is 0 Å². The van der Waals surface area contributed by atoms with Gasteiger partial charge in [-0.3, -0.25) is 0 Å². The predicted molar refractivity (Wildman–Crippen MR) is 114 cm³/mol. The maximum Gasteiger partial charge on any atom is 0.261 e. The molecule has 0 aliphatic rings. The minimum absolute atomic E-state index is 0.0270. The Bertz CT molecular complexity index is 628. The van der Waals surface area contributed by atoms with Crippen molar-refractivity contribution in [3.8, 4) is 0 Å². The van der Waals surface area contributed by atoms with E-state index < -0.39 is 8.32 Å². The first-order valence-corrected chi connectivity index (χ1v) is 11.2. The summed E-state index contributed by atoms with van der Waals surface area (Å²) >= 11 is 5.27. The third-order valence-corrected chi connectivity index (χ3v) is 10.0. The molecule has 0 heterocycles. The Morgan fingerprint density at radius 1 is 0.960 bits per heavy atom. The van der Waals surface area contributed by atoms with E-state index in [9.17, 15) is 0 Å². The van der Waals surface area contributed by atoms with E-state index in [0.717, 1.165) is 24.4 Å². The van der Waals surface area contributed by atoms with Gasteiger partial charge < -0.3 is 9.74 Å². The van der Waals surface area contributed by atoms with Crippen molar-refractivity contribution in [1.29, 1.82) is 0 Å². The molecule has 0 saturated carbocycles. The second kappa shape index (κ2) is 8.74. The van der Waals surface area contributed by atoms with E-state index in [2.05, 4.69) is 86.8 Å². The Morgan fingerprint density at radius 3 is 1.84 bits per heavy atom. The zero-order chi connectivity index (χ0) is 18.3. The van der Waals surface area contributed by atoms with Crippen LogP contribution in [0.1, 0.15) is 33.6 Å². The molecule has 0 spiro atoms. The first-order valence-electron chi connectivity index (χ1n) is 8.87. The third-order valence-electron chi connectivity index (χ3n) is 4.56. The molecule has 0 aliphatic carbocycles. The highest BCUT2D eigenvalue weighted by molar-refractivity contribution is 7.80. The highest BCUT2D eigenvalue weighted by Crippen LogP contribution is 2.36. The number of hydrogen-bond acceptors (Lipinski definition) is 2. The molecule has 0 saturated heterocycles. The van der Waals surface area contributed by atoms with Gasteiger partial charge in [0, 0.05) is 13.7 Å². The lowest BCUT2D eigenvalue weighted by atomic mass is 10.2. The summed E-state index contributed by atoms with van der Waals surface area (Å²) in [4.78, 5) is 0.894. The number of thiocarbonyl (C=S) groups is 1. The van der Waals surface area contributed by atoms with Crippen LogP contribution in [0.2, 0.25) is 5.04 Å². The molecule has 2 rings (SSSR count). The molecule has 134 valence electrons. The van der Waals surface area contributed by atoms with Gasteiger partial charge >= 0.3 is 0 Å². The van der Waals surface area contributed by atoms with Gasteiger partial charge in [-0.25, -0.2) is 0 Å². The molecule has 0 radical (unpaired) electrons. The molecule has 1 N–H and O–H groups in total. The second-order valence-electron chi connectivity index (χ2n) is 7.29. The van der Waals surface area contributed by atoms with Crippen molar-refractivity contribution in [3.63, 3.8) is 0 Å². The minimum atomic E-state index is -2.40. The van der Waals surface area contributed by atoms with Crippen LogP contribution in [0.5, 0.6) is 0 Å². The van der Waals surface area contributed by atoms with E-state index in [1.165, 1.54) is 10.4 Å². The van der Waals surface area contributed by atoms with Crippen molar-refractivity contribution in [1.82, 2.24) is 5.32 Å². The number of rotatable bonds is 7. The predicted octanol–water partition coefficient (Wildman–Crippen LogP) is 3.89. The molecule has 25 heavy (non-hydrogen) atoms. The normalized spacial score (nSPS) is 12.0. The average Bonchev–Trinajstić information content (AvgIpc) is 2.62. The molecule has 0 aliphatic heterocycles. The van der Waals surface area contributed by atoms with Gasteiger partial charge in [0.25, 0.3) is 8.32 Å². The van der Waals surface area contributed by atoms with Gasteiger partial charge in [-0.1, -0.05) is 93.7 Å². The number of hydrogen-bond donors (Lipinski definition) is 1. The lowest BCUT2D eigenvalue weighted by Gasteiger charge is -2.43. The molecule has 0 atom stereocenters. The van der Waals surface area contributed by atoms with Crippen LogP contribution in [-0.2, 0) is 4.43 Å². The van der Waals surface area contributed by atoms with Gasteiger partial charge in [0.05, 0.1) is 4.99 Å². The molecule has 2 aromatic rings. The molecule has 0 fully saturated rings. The molecule has 4 heteroatoms. The van der Waals surface area contributed by atoms with E-state index in [-0.39, 0.29) is 5.04 Å². The van der Waals surface area contributed by atoms with Crippen molar-refractivity contribution in [2.45, 2.75) is 38.7 Å². The second-order valence-corrected chi connectivity index (χ2v) is 12.1. The van der Waals surface area contributed by atoms with Crippen molar-refractivity contribution < 1.29 is 4.43 Å². The van der Waals surface area contributed by atoms with Crippen molar-refractivity contribution in [2.24, 2.45) is 0 Å². The smallest absolute Gasteiger partial charge is 0.261 e. The van der Waals surface area contributed by atoms with Gasteiger partial charge in [-0.2, -0.15) is 0 Å². The first-order chi connectivity index (χ1) is 11.9. The fourth-order valence-electron chi connectivity index (χ4n) is 3.34. The number of nitrogens with one attached hydrogen (secondary N) is 1. The molecule has 0 bridgehead atoms. The van der Waals surface area contributed by atoms with Crippen molar-refractivity contribution in [3.05, 3.63) is 60.7 Å². The SMILES string of the molecule is CNC(=S)CCCO[Si](c1ccccc1)(c1ccccc1)C(C)(C)C. The Morgan fingerprint density at radius 2 is 1.44 bits per heavy atom. The fraction of sp³-hybridized carbons (Fsp3) is 0.381. The van der Waals surface area contributed by atoms with Crippen LogP contribution in [0.4, 0.5) is 0 Å². The Hall–Kier alpha value is -1.49. The van der Waals surface area contributed by atoms with Crippen LogP contribution in [-0.4, -0.2) is 27.0 Å². The standard InChI is InChI=1S/C21H29NOSSi/c1-21(2,3)25(18-12-7-5-8-13-18,19-14-9-6-10-15-19)23-17-11-16-20(24)22-4/h5-10,12-15H,11,16-17H2,1-4H3,(H,22,24). The fourth-order valence-corrected chi connectivity index (χ4v) is 8.09. The maximum absolute atomic E-state index is 6.81. The summed E-state index contributed by atoms with van der Waals surface area (Å²) in [5, 5.41) is 5.72. The van der Waals surface area contributed by atoms with Gasteiger partial charge in [-0.15, -0.1) is 0 Å². The van der Waals surface area contributed by atoms with Gasteiger partial charge in [0.15, 0.2) is 0 Å². The first kappa shape index (κ1) is 19.8. The highest BCUT2D eigenvalue weighted by atomic mass is 32.1. The van der Waals surface area contributed by atoms with E-state index >= 15 is 0 Å². The van der Waals surface area contributed by atoms with Crippen LogP contribution in [0.3, 0.4) is 0 Å². The minimum Gasteiger partial charge on any atom is -0.407 e. The molecule has 2 nitrogen and oxygen atoms in total. The lowest BCUT2D eigenvalue weighted by molar-refractivity contribution is 0.294. The van der Waals surface area contributed by atoms with E-state index in [4.69, 9.17) is 16.6 Å². The maximum atomic E-state index is 6.81.